The maximum absolute atomic E-state index is 12.6. The van der Waals surface area contributed by atoms with Crippen molar-refractivity contribution in [2.75, 3.05) is 11.9 Å². The summed E-state index contributed by atoms with van der Waals surface area (Å²) in [5, 5.41) is 2.16. The van der Waals surface area contributed by atoms with Crippen LogP contribution in [0.4, 0.5) is 18.9 Å². The van der Waals surface area contributed by atoms with Crippen molar-refractivity contribution >= 4 is 29.2 Å². The summed E-state index contributed by atoms with van der Waals surface area (Å²) in [5.74, 6) is -1.17. The monoisotopic (exact) mass is 335 g/mol. The highest BCUT2D eigenvalue weighted by Gasteiger charge is 2.40. The Bertz CT molecular complexity index is 603. The van der Waals surface area contributed by atoms with Gasteiger partial charge < -0.3 is 10.1 Å². The van der Waals surface area contributed by atoms with Crippen LogP contribution in [0, 0.1) is 11.8 Å². The van der Waals surface area contributed by atoms with Gasteiger partial charge in [-0.05, 0) is 30.5 Å². The molecule has 1 aliphatic carbocycles. The molecular weight excluding hydrogens is 323 g/mol. The summed E-state index contributed by atoms with van der Waals surface area (Å²) in [6.07, 6.45) is -3.82. The van der Waals surface area contributed by atoms with Gasteiger partial charge in [0, 0.05) is 0 Å². The average molecular weight is 336 g/mol. The Labute approximate surface area is 129 Å². The van der Waals surface area contributed by atoms with Gasteiger partial charge in [-0.25, -0.2) is 0 Å². The number of nitrogens with one attached hydrogen (secondary N) is 1. The molecule has 1 fully saturated rings. The summed E-state index contributed by atoms with van der Waals surface area (Å²) in [4.78, 5) is 23.1. The molecule has 0 aromatic heterocycles. The molecule has 120 valence electrons. The lowest BCUT2D eigenvalue weighted by Crippen LogP contribution is -2.22. The Balaban J connectivity index is 1.94. The Hall–Kier alpha value is -1.76. The van der Waals surface area contributed by atoms with Crippen molar-refractivity contribution < 1.29 is 27.5 Å². The van der Waals surface area contributed by atoms with Crippen molar-refractivity contribution in [1.82, 2.24) is 0 Å². The van der Waals surface area contributed by atoms with Crippen LogP contribution in [0.1, 0.15) is 18.9 Å². The van der Waals surface area contributed by atoms with E-state index in [0.29, 0.717) is 0 Å². The van der Waals surface area contributed by atoms with Gasteiger partial charge in [-0.3, -0.25) is 9.59 Å². The van der Waals surface area contributed by atoms with E-state index in [2.05, 4.69) is 5.32 Å². The molecule has 1 saturated carbocycles. The van der Waals surface area contributed by atoms with Gasteiger partial charge in [-0.15, -0.1) is 0 Å². The molecule has 0 heterocycles. The van der Waals surface area contributed by atoms with Crippen LogP contribution < -0.4 is 5.32 Å². The van der Waals surface area contributed by atoms with Crippen LogP contribution in [0.5, 0.6) is 0 Å². The zero-order valence-electron chi connectivity index (χ0n) is 11.5. The molecule has 0 bridgehead atoms. The SMILES string of the molecule is C[C@H]1C[C@@H]1C(=O)OCC(=O)Nc1cc(C(F)(F)F)ccc1Cl. The van der Waals surface area contributed by atoms with Crippen molar-refractivity contribution in [1.29, 1.82) is 0 Å². The molecule has 0 unspecified atom stereocenters. The van der Waals surface area contributed by atoms with E-state index in [-0.39, 0.29) is 22.5 Å². The molecule has 4 nitrogen and oxygen atoms in total. The largest absolute Gasteiger partial charge is 0.455 e. The molecule has 1 aromatic carbocycles. The minimum absolute atomic E-state index is 0.0384. The van der Waals surface area contributed by atoms with Gasteiger partial charge in [0.1, 0.15) is 0 Å². The molecule has 22 heavy (non-hydrogen) atoms. The number of benzene rings is 1. The smallest absolute Gasteiger partial charge is 0.416 e. The highest BCUT2D eigenvalue weighted by atomic mass is 35.5. The van der Waals surface area contributed by atoms with Crippen LogP contribution >= 0.6 is 11.6 Å². The summed E-state index contributed by atoms with van der Waals surface area (Å²) >= 11 is 5.74. The Kier molecular flexibility index (Phi) is 4.65. The van der Waals surface area contributed by atoms with E-state index in [1.165, 1.54) is 0 Å². The van der Waals surface area contributed by atoms with Crippen LogP contribution in [0.15, 0.2) is 18.2 Å². The van der Waals surface area contributed by atoms with Crippen molar-refractivity contribution in [3.05, 3.63) is 28.8 Å². The highest BCUT2D eigenvalue weighted by molar-refractivity contribution is 6.33. The van der Waals surface area contributed by atoms with Crippen LogP contribution in [-0.4, -0.2) is 18.5 Å². The molecule has 1 aromatic rings. The van der Waals surface area contributed by atoms with Crippen molar-refractivity contribution in [3.8, 4) is 0 Å². The first-order valence-corrected chi connectivity index (χ1v) is 6.89. The molecule has 0 radical (unpaired) electrons. The van der Waals surface area contributed by atoms with E-state index < -0.39 is 30.2 Å². The highest BCUT2D eigenvalue weighted by Crippen LogP contribution is 2.38. The van der Waals surface area contributed by atoms with E-state index in [9.17, 15) is 22.8 Å². The number of amides is 1. The molecule has 1 amide bonds. The second kappa shape index (κ2) is 6.16. The molecular formula is C14H13ClF3NO3. The van der Waals surface area contributed by atoms with Gasteiger partial charge in [0.15, 0.2) is 6.61 Å². The summed E-state index contributed by atoms with van der Waals surface area (Å²) < 4.78 is 42.6. The van der Waals surface area contributed by atoms with Gasteiger partial charge in [0.05, 0.1) is 22.2 Å². The normalized spacial score (nSPS) is 20.4. The third-order valence-corrected chi connectivity index (χ3v) is 3.66. The number of alkyl halides is 3. The predicted molar refractivity (Wildman–Crippen MR) is 73.3 cm³/mol. The lowest BCUT2D eigenvalue weighted by Gasteiger charge is -2.11. The lowest BCUT2D eigenvalue weighted by atomic mass is 10.2. The summed E-state index contributed by atoms with van der Waals surface area (Å²) in [7, 11) is 0. The topological polar surface area (TPSA) is 55.4 Å². The molecule has 0 saturated heterocycles. The van der Waals surface area contributed by atoms with E-state index in [4.69, 9.17) is 16.3 Å². The fraction of sp³-hybridized carbons (Fsp3) is 0.429. The second-order valence-corrected chi connectivity index (χ2v) is 5.57. The molecule has 0 spiro atoms. The van der Waals surface area contributed by atoms with Crippen LogP contribution in [-0.2, 0) is 20.5 Å². The molecule has 2 atom stereocenters. The van der Waals surface area contributed by atoms with Gasteiger partial charge in [0.25, 0.3) is 5.91 Å². The molecule has 1 aliphatic rings. The number of rotatable bonds is 4. The molecule has 0 aliphatic heterocycles. The van der Waals surface area contributed by atoms with Crippen LogP contribution in [0.2, 0.25) is 5.02 Å². The Morgan fingerprint density at radius 2 is 2.05 bits per heavy atom. The minimum atomic E-state index is -4.54. The van der Waals surface area contributed by atoms with E-state index in [1.807, 2.05) is 6.92 Å². The van der Waals surface area contributed by atoms with E-state index >= 15 is 0 Å². The minimum Gasteiger partial charge on any atom is -0.455 e. The van der Waals surface area contributed by atoms with Gasteiger partial charge in [-0.1, -0.05) is 18.5 Å². The van der Waals surface area contributed by atoms with E-state index in [1.54, 1.807) is 0 Å². The van der Waals surface area contributed by atoms with E-state index in [0.717, 1.165) is 24.6 Å². The quantitative estimate of drug-likeness (QED) is 0.857. The van der Waals surface area contributed by atoms with Gasteiger partial charge in [-0.2, -0.15) is 13.2 Å². The molecule has 1 N–H and O–H groups in total. The number of ether oxygens (including phenoxy) is 1. The maximum atomic E-state index is 12.6. The lowest BCUT2D eigenvalue weighted by molar-refractivity contribution is -0.148. The first kappa shape index (κ1) is 16.6. The second-order valence-electron chi connectivity index (χ2n) is 5.17. The van der Waals surface area contributed by atoms with Crippen LogP contribution in [0.25, 0.3) is 0 Å². The number of carbonyl (C=O) groups excluding carboxylic acids is 2. The summed E-state index contributed by atoms with van der Waals surface area (Å²) in [5.41, 5.74) is -1.12. The number of esters is 1. The number of anilines is 1. The molecule has 8 heteroatoms. The van der Waals surface area contributed by atoms with Gasteiger partial charge >= 0.3 is 12.1 Å². The fourth-order valence-corrected chi connectivity index (χ4v) is 2.04. The first-order valence-electron chi connectivity index (χ1n) is 6.51. The number of hydrogen-bond acceptors (Lipinski definition) is 3. The maximum Gasteiger partial charge on any atom is 0.416 e. The molecule has 2 rings (SSSR count). The van der Waals surface area contributed by atoms with Crippen LogP contribution in [0.3, 0.4) is 0 Å². The standard InChI is InChI=1S/C14H13ClF3NO3/c1-7-4-9(7)13(21)22-6-12(20)19-11-5-8(14(16,17)18)2-3-10(11)15/h2-3,5,7,9H,4,6H2,1H3,(H,19,20)/t7-,9-/m0/s1. The third kappa shape index (κ3) is 4.13. The fourth-order valence-electron chi connectivity index (χ4n) is 1.88. The van der Waals surface area contributed by atoms with Crippen molar-refractivity contribution in [2.24, 2.45) is 11.8 Å². The van der Waals surface area contributed by atoms with Crippen molar-refractivity contribution in [2.45, 2.75) is 19.5 Å². The number of halogens is 4. The van der Waals surface area contributed by atoms with Gasteiger partial charge in [0.2, 0.25) is 0 Å². The number of hydrogen-bond donors (Lipinski definition) is 1. The van der Waals surface area contributed by atoms with Crippen molar-refractivity contribution in [3.63, 3.8) is 0 Å². The Morgan fingerprint density at radius 3 is 2.59 bits per heavy atom. The first-order chi connectivity index (χ1) is 10.2. The third-order valence-electron chi connectivity index (χ3n) is 3.33. The zero-order valence-corrected chi connectivity index (χ0v) is 12.3. The summed E-state index contributed by atoms with van der Waals surface area (Å²) in [6, 6.07) is 2.58. The summed E-state index contributed by atoms with van der Waals surface area (Å²) in [6.45, 7) is 1.32. The number of carbonyl (C=O) groups is 2. The Morgan fingerprint density at radius 1 is 1.41 bits per heavy atom. The predicted octanol–water partition coefficient (Wildman–Crippen LogP) is 3.50. The average Bonchev–Trinajstić information content (AvgIpc) is 3.14. The zero-order chi connectivity index (χ0) is 16.5.